The molecule has 0 atom stereocenters. The van der Waals surface area contributed by atoms with Crippen molar-refractivity contribution >= 4 is 26.7 Å². The zero-order valence-electron chi connectivity index (χ0n) is 15.8. The van der Waals surface area contributed by atoms with Gasteiger partial charge in [0.1, 0.15) is 11.4 Å². The molecule has 2 aromatic carbocycles. The molecule has 3 rings (SSSR count). The van der Waals surface area contributed by atoms with Crippen LogP contribution in [0, 0.1) is 6.92 Å². The normalized spacial score (nSPS) is 15.8. The summed E-state index contributed by atoms with van der Waals surface area (Å²) in [4.78, 5) is 24.7. The molecular weight excluding hydrogens is 376 g/mol. The fraction of sp³-hybridized carbons (Fsp3) is 0.238. The van der Waals surface area contributed by atoms with Crippen LogP contribution in [0.1, 0.15) is 23.6 Å². The Morgan fingerprint density at radius 3 is 2.29 bits per heavy atom. The van der Waals surface area contributed by atoms with Crippen LogP contribution in [0.25, 0.3) is 4.91 Å². The van der Waals surface area contributed by atoms with Gasteiger partial charge in [-0.25, -0.2) is 12.7 Å². The quantitative estimate of drug-likeness (QED) is 0.809. The van der Waals surface area contributed by atoms with Crippen molar-refractivity contribution in [2.75, 3.05) is 13.1 Å². The van der Waals surface area contributed by atoms with Gasteiger partial charge in [0, 0.05) is 12.1 Å². The van der Waals surface area contributed by atoms with E-state index in [0.29, 0.717) is 22.8 Å². The molecule has 1 aliphatic heterocycles. The van der Waals surface area contributed by atoms with Gasteiger partial charge in [-0.05, 0) is 31.4 Å². The van der Waals surface area contributed by atoms with Gasteiger partial charge in [0.05, 0.1) is 0 Å². The molecule has 6 nitrogen and oxygen atoms in total. The van der Waals surface area contributed by atoms with Crippen molar-refractivity contribution in [3.63, 3.8) is 0 Å². The molecular formula is C21H22N2O4S. The molecule has 7 heteroatoms. The highest BCUT2D eigenvalue weighted by molar-refractivity contribution is 7.99. The maximum absolute atomic E-state index is 12.9. The van der Waals surface area contributed by atoms with Crippen LogP contribution in [0.4, 0.5) is 0 Å². The predicted molar refractivity (Wildman–Crippen MR) is 108 cm³/mol. The minimum Gasteiger partial charge on any atom is -0.354 e. The number of nitrogens with one attached hydrogen (secondary N) is 1. The molecule has 0 bridgehead atoms. The number of rotatable bonds is 6. The lowest BCUT2D eigenvalue weighted by Gasteiger charge is -2.16. The second-order valence-electron chi connectivity index (χ2n) is 6.72. The van der Waals surface area contributed by atoms with Crippen molar-refractivity contribution in [1.29, 1.82) is 0 Å². The molecule has 28 heavy (non-hydrogen) atoms. The van der Waals surface area contributed by atoms with Crippen LogP contribution in [0.5, 0.6) is 0 Å². The van der Waals surface area contributed by atoms with E-state index < -0.39 is 28.4 Å². The van der Waals surface area contributed by atoms with E-state index >= 15 is 0 Å². The molecule has 0 saturated heterocycles. The lowest BCUT2D eigenvalue weighted by molar-refractivity contribution is -0.128. The lowest BCUT2D eigenvalue weighted by Crippen LogP contribution is -2.41. The van der Waals surface area contributed by atoms with Gasteiger partial charge in [0.25, 0.3) is 15.9 Å². The molecule has 2 amide bonds. The SMILES string of the molecule is CC1=C(c2ccc(C)cc2)S(=O)(=O)N(CC(=O)NCCc2ccccc2)C1=O. The first-order chi connectivity index (χ1) is 13.3. The second-order valence-corrected chi connectivity index (χ2v) is 8.52. The molecule has 0 radical (unpaired) electrons. The summed E-state index contributed by atoms with van der Waals surface area (Å²) in [5.41, 5.74) is 2.62. The second kappa shape index (κ2) is 7.98. The van der Waals surface area contributed by atoms with Crippen LogP contribution in [0.15, 0.2) is 60.2 Å². The van der Waals surface area contributed by atoms with Gasteiger partial charge < -0.3 is 5.32 Å². The van der Waals surface area contributed by atoms with E-state index in [1.165, 1.54) is 6.92 Å². The van der Waals surface area contributed by atoms with Gasteiger partial charge in [-0.15, -0.1) is 0 Å². The first-order valence-corrected chi connectivity index (χ1v) is 10.4. The number of benzene rings is 2. The van der Waals surface area contributed by atoms with Crippen LogP contribution in [0.2, 0.25) is 0 Å². The first-order valence-electron chi connectivity index (χ1n) is 8.96. The Morgan fingerprint density at radius 1 is 1.00 bits per heavy atom. The number of hydrogen-bond acceptors (Lipinski definition) is 4. The molecule has 1 aliphatic rings. The van der Waals surface area contributed by atoms with Crippen molar-refractivity contribution in [2.45, 2.75) is 20.3 Å². The van der Waals surface area contributed by atoms with E-state index in [1.54, 1.807) is 24.3 Å². The molecule has 2 aromatic rings. The van der Waals surface area contributed by atoms with Gasteiger partial charge in [-0.1, -0.05) is 60.2 Å². The summed E-state index contributed by atoms with van der Waals surface area (Å²) in [6.07, 6.45) is 0.624. The first kappa shape index (κ1) is 19.8. The molecule has 1 N–H and O–H groups in total. The van der Waals surface area contributed by atoms with Gasteiger partial charge in [-0.3, -0.25) is 9.59 Å². The highest BCUT2D eigenvalue weighted by Gasteiger charge is 2.43. The lowest BCUT2D eigenvalue weighted by atomic mass is 10.1. The van der Waals surface area contributed by atoms with Gasteiger partial charge in [-0.2, -0.15) is 0 Å². The average Bonchev–Trinajstić information content (AvgIpc) is 2.83. The predicted octanol–water partition coefficient (Wildman–Crippen LogP) is 2.26. The third kappa shape index (κ3) is 3.99. The van der Waals surface area contributed by atoms with E-state index in [0.717, 1.165) is 11.1 Å². The van der Waals surface area contributed by atoms with E-state index in [9.17, 15) is 18.0 Å². The fourth-order valence-corrected chi connectivity index (χ4v) is 4.87. The maximum Gasteiger partial charge on any atom is 0.268 e. The number of carbonyl (C=O) groups is 2. The Labute approximate surface area is 164 Å². The molecule has 0 aromatic heterocycles. The zero-order valence-corrected chi connectivity index (χ0v) is 16.6. The van der Waals surface area contributed by atoms with Crippen molar-refractivity contribution in [3.8, 4) is 0 Å². The van der Waals surface area contributed by atoms with E-state index in [4.69, 9.17) is 0 Å². The number of hydrogen-bond donors (Lipinski definition) is 1. The number of nitrogens with zero attached hydrogens (tertiary/aromatic N) is 1. The molecule has 0 fully saturated rings. The maximum atomic E-state index is 12.9. The fourth-order valence-electron chi connectivity index (χ4n) is 3.10. The standard InChI is InChI=1S/C21H22N2O4S/c1-15-8-10-18(11-9-15)20-16(2)21(25)23(28(20,26)27)14-19(24)22-13-12-17-6-4-3-5-7-17/h3-11H,12-14H2,1-2H3,(H,22,24). The minimum absolute atomic E-state index is 0.0328. The molecule has 0 aliphatic carbocycles. The van der Waals surface area contributed by atoms with E-state index in [2.05, 4.69) is 5.32 Å². The third-order valence-electron chi connectivity index (χ3n) is 4.62. The van der Waals surface area contributed by atoms with Crippen LogP contribution in [0.3, 0.4) is 0 Å². The number of aryl methyl sites for hydroxylation is 1. The van der Waals surface area contributed by atoms with Crippen LogP contribution < -0.4 is 5.32 Å². The van der Waals surface area contributed by atoms with E-state index in [-0.39, 0.29) is 10.5 Å². The van der Waals surface area contributed by atoms with Crippen LogP contribution in [-0.4, -0.2) is 37.6 Å². The van der Waals surface area contributed by atoms with Gasteiger partial charge >= 0.3 is 0 Å². The summed E-state index contributed by atoms with van der Waals surface area (Å²) in [5.74, 6) is -1.17. The Hall–Kier alpha value is -2.93. The molecule has 0 unspecified atom stereocenters. The summed E-state index contributed by atoms with van der Waals surface area (Å²) in [7, 11) is -4.06. The highest BCUT2D eigenvalue weighted by Crippen LogP contribution is 2.35. The number of sulfonamides is 1. The molecule has 0 saturated carbocycles. The van der Waals surface area contributed by atoms with E-state index in [1.807, 2.05) is 37.3 Å². The van der Waals surface area contributed by atoms with Gasteiger partial charge in [0.2, 0.25) is 5.91 Å². The summed E-state index contributed by atoms with van der Waals surface area (Å²) in [5, 5.41) is 2.68. The Bertz CT molecular complexity index is 1030. The largest absolute Gasteiger partial charge is 0.354 e. The minimum atomic E-state index is -4.06. The van der Waals surface area contributed by atoms with Crippen molar-refractivity contribution in [1.82, 2.24) is 9.62 Å². The van der Waals surface area contributed by atoms with Crippen LogP contribution >= 0.6 is 0 Å². The summed E-state index contributed by atoms with van der Waals surface area (Å²) >= 11 is 0. The Morgan fingerprint density at radius 2 is 1.64 bits per heavy atom. The zero-order chi connectivity index (χ0) is 20.3. The van der Waals surface area contributed by atoms with Crippen LogP contribution in [-0.2, 0) is 26.0 Å². The topological polar surface area (TPSA) is 83.6 Å². The number of amides is 2. The summed E-state index contributed by atoms with van der Waals surface area (Å²) < 4.78 is 26.4. The third-order valence-corrected chi connectivity index (χ3v) is 6.55. The summed E-state index contributed by atoms with van der Waals surface area (Å²) in [6.45, 7) is 3.21. The summed E-state index contributed by atoms with van der Waals surface area (Å²) in [6, 6.07) is 16.5. The Balaban J connectivity index is 1.69. The highest BCUT2D eigenvalue weighted by atomic mass is 32.2. The monoisotopic (exact) mass is 398 g/mol. The Kier molecular flexibility index (Phi) is 5.65. The average molecular weight is 398 g/mol. The van der Waals surface area contributed by atoms with Gasteiger partial charge in [0.15, 0.2) is 0 Å². The molecule has 146 valence electrons. The molecule has 1 heterocycles. The number of carbonyl (C=O) groups excluding carboxylic acids is 2. The van der Waals surface area contributed by atoms with Crippen molar-refractivity contribution < 1.29 is 18.0 Å². The molecule has 0 spiro atoms. The smallest absolute Gasteiger partial charge is 0.268 e. The van der Waals surface area contributed by atoms with Crippen molar-refractivity contribution in [3.05, 3.63) is 76.9 Å². The van der Waals surface area contributed by atoms with Crippen molar-refractivity contribution in [2.24, 2.45) is 0 Å².